The van der Waals surface area contributed by atoms with E-state index in [1.54, 1.807) is 34.6 Å². The SMILES string of the molecule is CCc1cc(C#N)ncc1Nc1cc(N(Cc2ccc(OC)cc2)Cc2ccc(OC)cc2)c2ncn(C)c2c1.COc1ccc(CN(Cc2ccc(OC)cc2)c2cc(Br)cc3c2ncn3C)cc1. The summed E-state index contributed by atoms with van der Waals surface area (Å²) in [6.07, 6.45) is 6.22. The molecule has 0 bridgehead atoms. The van der Waals surface area contributed by atoms with E-state index in [1.165, 1.54) is 11.1 Å². The second-order valence-electron chi connectivity index (χ2n) is 16.8. The molecule has 0 aliphatic carbocycles. The van der Waals surface area contributed by atoms with Crippen molar-refractivity contribution in [1.82, 2.24) is 24.1 Å². The van der Waals surface area contributed by atoms with E-state index in [9.17, 15) is 5.26 Å². The topological polar surface area (TPSA) is 128 Å². The number of methoxy groups -OCH3 is 4. The molecule has 356 valence electrons. The van der Waals surface area contributed by atoms with Gasteiger partial charge >= 0.3 is 0 Å². The average molecular weight is 999 g/mol. The smallest absolute Gasteiger partial charge is 0.140 e. The van der Waals surface area contributed by atoms with Gasteiger partial charge in [0.05, 0.1) is 75.4 Å². The number of hydrogen-bond acceptors (Lipinski definition) is 11. The zero-order valence-electron chi connectivity index (χ0n) is 40.5. The molecule has 9 aromatic rings. The number of pyridine rings is 1. The van der Waals surface area contributed by atoms with Crippen LogP contribution in [0.15, 0.2) is 151 Å². The highest BCUT2D eigenvalue weighted by Crippen LogP contribution is 2.36. The van der Waals surface area contributed by atoms with Crippen LogP contribution < -0.4 is 34.1 Å². The Kier molecular flexibility index (Phi) is 15.5. The van der Waals surface area contributed by atoms with Gasteiger partial charge in [-0.2, -0.15) is 5.26 Å². The Bertz CT molecular complexity index is 3120. The number of ether oxygens (including phenoxy) is 4. The Hall–Kier alpha value is -8.02. The highest BCUT2D eigenvalue weighted by molar-refractivity contribution is 9.10. The van der Waals surface area contributed by atoms with Gasteiger partial charge in [-0.05, 0) is 113 Å². The fourth-order valence-electron chi connectivity index (χ4n) is 8.32. The quantitative estimate of drug-likeness (QED) is 0.0936. The lowest BCUT2D eigenvalue weighted by Gasteiger charge is -2.27. The van der Waals surface area contributed by atoms with Crippen molar-refractivity contribution in [3.05, 3.63) is 184 Å². The molecule has 0 unspecified atom stereocenters. The first-order chi connectivity index (χ1) is 34.1. The Labute approximate surface area is 417 Å². The molecule has 0 saturated carbocycles. The van der Waals surface area contributed by atoms with E-state index >= 15 is 0 Å². The van der Waals surface area contributed by atoms with Gasteiger partial charge in [0, 0.05) is 50.4 Å². The summed E-state index contributed by atoms with van der Waals surface area (Å²) in [5.74, 6) is 3.36. The van der Waals surface area contributed by atoms with Gasteiger partial charge in [-0.15, -0.1) is 0 Å². The zero-order valence-corrected chi connectivity index (χ0v) is 42.1. The fraction of sp³-hybridized carbons (Fsp3) is 0.214. The Morgan fingerprint density at radius 3 is 1.34 bits per heavy atom. The molecule has 0 aliphatic heterocycles. The number of imidazole rings is 2. The number of aromatic nitrogens is 5. The first-order valence-electron chi connectivity index (χ1n) is 22.8. The molecule has 0 atom stereocenters. The van der Waals surface area contributed by atoms with Crippen LogP contribution in [-0.2, 0) is 46.7 Å². The van der Waals surface area contributed by atoms with Crippen LogP contribution in [0.4, 0.5) is 22.7 Å². The second-order valence-corrected chi connectivity index (χ2v) is 17.7. The maximum absolute atomic E-state index is 9.30. The van der Waals surface area contributed by atoms with Crippen molar-refractivity contribution in [2.45, 2.75) is 39.5 Å². The minimum atomic E-state index is 0.412. The van der Waals surface area contributed by atoms with Gasteiger partial charge in [-0.1, -0.05) is 71.4 Å². The first kappa shape index (κ1) is 48.4. The predicted octanol–water partition coefficient (Wildman–Crippen LogP) is 11.9. The number of nitriles is 1. The van der Waals surface area contributed by atoms with Gasteiger partial charge < -0.3 is 43.2 Å². The molecule has 70 heavy (non-hydrogen) atoms. The molecular weight excluding hydrogens is 943 g/mol. The summed E-state index contributed by atoms with van der Waals surface area (Å²) < 4.78 is 26.5. The molecule has 14 heteroatoms. The molecule has 0 fully saturated rings. The third kappa shape index (κ3) is 11.5. The van der Waals surface area contributed by atoms with E-state index in [2.05, 4.69) is 127 Å². The van der Waals surface area contributed by atoms with Gasteiger partial charge in [0.1, 0.15) is 45.8 Å². The van der Waals surface area contributed by atoms with Crippen LogP contribution in [0, 0.1) is 11.3 Å². The molecule has 3 heterocycles. The van der Waals surface area contributed by atoms with E-state index in [0.717, 1.165) is 108 Å². The summed E-state index contributed by atoms with van der Waals surface area (Å²) in [5.41, 5.74) is 14.1. The number of hydrogen-bond donors (Lipinski definition) is 1. The van der Waals surface area contributed by atoms with Crippen molar-refractivity contribution in [3.8, 4) is 29.1 Å². The summed E-state index contributed by atoms with van der Waals surface area (Å²) in [7, 11) is 10.7. The van der Waals surface area contributed by atoms with Crippen LogP contribution in [0.25, 0.3) is 22.1 Å². The van der Waals surface area contributed by atoms with E-state index in [0.29, 0.717) is 18.8 Å². The third-order valence-electron chi connectivity index (χ3n) is 12.2. The van der Waals surface area contributed by atoms with Crippen molar-refractivity contribution in [2.24, 2.45) is 14.1 Å². The van der Waals surface area contributed by atoms with Gasteiger partial charge in [-0.25, -0.2) is 15.0 Å². The second kappa shape index (κ2) is 22.4. The van der Waals surface area contributed by atoms with Crippen LogP contribution in [0.2, 0.25) is 0 Å². The summed E-state index contributed by atoms with van der Waals surface area (Å²) in [5, 5.41) is 12.9. The summed E-state index contributed by atoms with van der Waals surface area (Å²) in [6, 6.07) is 45.2. The number of benzene rings is 6. The maximum atomic E-state index is 9.30. The van der Waals surface area contributed by atoms with Crippen molar-refractivity contribution >= 4 is 60.7 Å². The number of fused-ring (bicyclic) bond motifs is 2. The van der Waals surface area contributed by atoms with Crippen molar-refractivity contribution in [3.63, 3.8) is 0 Å². The van der Waals surface area contributed by atoms with E-state index in [1.807, 2.05) is 90.5 Å². The number of nitrogens with one attached hydrogen (secondary N) is 1. The van der Waals surface area contributed by atoms with Crippen LogP contribution >= 0.6 is 15.9 Å². The third-order valence-corrected chi connectivity index (χ3v) is 12.6. The van der Waals surface area contributed by atoms with Crippen LogP contribution in [0.3, 0.4) is 0 Å². The normalized spacial score (nSPS) is 10.8. The van der Waals surface area contributed by atoms with Gasteiger partial charge in [-0.3, -0.25) is 0 Å². The number of nitrogens with zero attached hydrogens (tertiary/aromatic N) is 8. The van der Waals surface area contributed by atoms with Crippen LogP contribution in [0.1, 0.15) is 40.4 Å². The Balaban J connectivity index is 0.000000196. The zero-order chi connectivity index (χ0) is 49.1. The van der Waals surface area contributed by atoms with E-state index in [-0.39, 0.29) is 0 Å². The molecule has 0 saturated heterocycles. The van der Waals surface area contributed by atoms with Crippen molar-refractivity contribution in [1.29, 1.82) is 5.26 Å². The van der Waals surface area contributed by atoms with Gasteiger partial charge in [0.2, 0.25) is 0 Å². The number of rotatable bonds is 17. The highest BCUT2D eigenvalue weighted by Gasteiger charge is 2.19. The van der Waals surface area contributed by atoms with Crippen molar-refractivity contribution in [2.75, 3.05) is 43.6 Å². The lowest BCUT2D eigenvalue weighted by molar-refractivity contribution is 0.414. The summed E-state index contributed by atoms with van der Waals surface area (Å²) in [4.78, 5) is 18.4. The average Bonchev–Trinajstić information content (AvgIpc) is 3.97. The molecule has 0 aliphatic rings. The molecule has 0 spiro atoms. The standard InChI is InChI=1S/C32H32N6O2.C24H24BrN3O2/c1-5-24-14-26(17-33)34-18-29(24)36-25-15-30-32(35-21-37(30)2)31(16-25)38(19-22-6-10-27(39-3)11-7-22)20-23-8-12-28(40-4)13-9-23;1-27-16-26-24-22(27)12-19(25)13-23(24)28(14-17-4-8-20(29-2)9-5-17)15-18-6-10-21(30-3)11-7-18/h6-16,18,21,36H,5,19-20H2,1-4H3;4-13,16H,14-15H2,1-3H3. The lowest BCUT2D eigenvalue weighted by atomic mass is 10.1. The first-order valence-corrected chi connectivity index (χ1v) is 23.6. The van der Waals surface area contributed by atoms with Crippen molar-refractivity contribution < 1.29 is 18.9 Å². The lowest BCUT2D eigenvalue weighted by Crippen LogP contribution is -2.22. The monoisotopic (exact) mass is 997 g/mol. The molecular formula is C56H56BrN9O4. The maximum Gasteiger partial charge on any atom is 0.140 e. The minimum Gasteiger partial charge on any atom is -0.497 e. The Morgan fingerprint density at radius 2 is 0.957 bits per heavy atom. The minimum absolute atomic E-state index is 0.412. The molecule has 0 radical (unpaired) electrons. The van der Waals surface area contributed by atoms with Crippen LogP contribution in [0.5, 0.6) is 23.0 Å². The van der Waals surface area contributed by atoms with E-state index in [4.69, 9.17) is 23.9 Å². The number of aryl methyl sites for hydroxylation is 3. The number of halogens is 1. The molecule has 6 aromatic carbocycles. The highest BCUT2D eigenvalue weighted by atomic mass is 79.9. The molecule has 0 amide bonds. The van der Waals surface area contributed by atoms with Crippen LogP contribution in [-0.4, -0.2) is 52.5 Å². The fourth-order valence-corrected chi connectivity index (χ4v) is 8.75. The largest absolute Gasteiger partial charge is 0.497 e. The molecule has 13 nitrogen and oxygen atoms in total. The molecule has 1 N–H and O–H groups in total. The van der Waals surface area contributed by atoms with Gasteiger partial charge in [0.25, 0.3) is 0 Å². The molecule has 3 aromatic heterocycles. The summed E-state index contributed by atoms with van der Waals surface area (Å²) >= 11 is 3.68. The number of anilines is 4. The van der Waals surface area contributed by atoms with E-state index < -0.39 is 0 Å². The molecule has 9 rings (SSSR count). The summed E-state index contributed by atoms with van der Waals surface area (Å²) in [6.45, 7) is 4.91. The predicted molar refractivity (Wildman–Crippen MR) is 282 cm³/mol. The Morgan fingerprint density at radius 1 is 0.557 bits per heavy atom. The van der Waals surface area contributed by atoms with Gasteiger partial charge in [0.15, 0.2) is 0 Å².